The lowest BCUT2D eigenvalue weighted by molar-refractivity contribution is -0.135. The largest absolute Gasteiger partial charge is 0.481 e. The van der Waals surface area contributed by atoms with Crippen molar-refractivity contribution in [3.63, 3.8) is 0 Å². The molecular formula is C10H21O8. The molecule has 0 aliphatic rings. The third-order valence-corrected chi connectivity index (χ3v) is 0. The lowest BCUT2D eigenvalue weighted by Crippen LogP contribution is -1.78. The van der Waals surface area contributed by atoms with Crippen LogP contribution in [0, 0.1) is 6.92 Å². The SMILES string of the molecule is CC(=O)O.CC(=O)O.CC(=O)O.CC(=O)O.[CH2]C. The Hall–Kier alpha value is -2.12. The molecule has 0 unspecified atom stereocenters. The van der Waals surface area contributed by atoms with Crippen molar-refractivity contribution < 1.29 is 39.6 Å². The molecule has 0 aromatic heterocycles. The predicted molar refractivity (Wildman–Crippen MR) is 64.3 cm³/mol. The number of carboxylic acid groups (broad SMARTS) is 4. The average Bonchev–Trinajstić information content (AvgIpc) is 2.01. The van der Waals surface area contributed by atoms with Crippen LogP contribution in [0.1, 0.15) is 34.6 Å². The summed E-state index contributed by atoms with van der Waals surface area (Å²) in [6, 6.07) is 0. The van der Waals surface area contributed by atoms with Gasteiger partial charge in [-0.1, -0.05) is 13.8 Å². The molecule has 4 N–H and O–H groups in total. The number of rotatable bonds is 0. The molecule has 0 bridgehead atoms. The van der Waals surface area contributed by atoms with E-state index in [1.165, 1.54) is 0 Å². The highest BCUT2D eigenvalue weighted by molar-refractivity contribution is 5.63. The molecule has 8 heteroatoms. The van der Waals surface area contributed by atoms with E-state index >= 15 is 0 Å². The normalized spacial score (nSPS) is 5.89. The summed E-state index contributed by atoms with van der Waals surface area (Å²) in [7, 11) is 0. The van der Waals surface area contributed by atoms with Crippen molar-refractivity contribution in [2.45, 2.75) is 34.6 Å². The molecule has 0 spiro atoms. The zero-order valence-electron chi connectivity index (χ0n) is 11.1. The van der Waals surface area contributed by atoms with Gasteiger partial charge >= 0.3 is 0 Å². The molecule has 0 heterocycles. The van der Waals surface area contributed by atoms with E-state index in [-0.39, 0.29) is 0 Å². The quantitative estimate of drug-likeness (QED) is 0.512. The molecule has 0 saturated heterocycles. The highest BCUT2D eigenvalue weighted by Gasteiger charge is 1.66. The minimum Gasteiger partial charge on any atom is -0.481 e. The van der Waals surface area contributed by atoms with Gasteiger partial charge in [0, 0.05) is 27.7 Å². The van der Waals surface area contributed by atoms with Crippen LogP contribution in [0.15, 0.2) is 0 Å². The van der Waals surface area contributed by atoms with Crippen molar-refractivity contribution in [3.05, 3.63) is 6.92 Å². The van der Waals surface area contributed by atoms with Crippen LogP contribution < -0.4 is 0 Å². The average molecular weight is 269 g/mol. The van der Waals surface area contributed by atoms with E-state index < -0.39 is 23.9 Å². The standard InChI is InChI=1S/4C2H4O2.C2H5/c4*1-2(3)4;1-2/h4*1H3,(H,3,4);1H2,2H3. The molecule has 18 heavy (non-hydrogen) atoms. The van der Waals surface area contributed by atoms with E-state index in [1.807, 2.05) is 0 Å². The third kappa shape index (κ3) is 512. The molecule has 8 nitrogen and oxygen atoms in total. The maximum absolute atomic E-state index is 9.00. The van der Waals surface area contributed by atoms with E-state index in [4.69, 9.17) is 39.6 Å². The summed E-state index contributed by atoms with van der Waals surface area (Å²) in [5, 5.41) is 29.7. The van der Waals surface area contributed by atoms with Crippen LogP contribution in [0.2, 0.25) is 0 Å². The van der Waals surface area contributed by atoms with Gasteiger partial charge < -0.3 is 20.4 Å². The van der Waals surface area contributed by atoms with Crippen LogP contribution in [-0.4, -0.2) is 44.3 Å². The first kappa shape index (κ1) is 29.7. The minimum atomic E-state index is -0.833. The van der Waals surface area contributed by atoms with Crippen molar-refractivity contribution in [1.82, 2.24) is 0 Å². The van der Waals surface area contributed by atoms with Crippen LogP contribution >= 0.6 is 0 Å². The first-order chi connectivity index (χ1) is 7.93. The zero-order valence-corrected chi connectivity index (χ0v) is 11.1. The van der Waals surface area contributed by atoms with Crippen molar-refractivity contribution in [2.75, 3.05) is 0 Å². The summed E-state index contributed by atoms with van der Waals surface area (Å²) in [5.41, 5.74) is 0. The van der Waals surface area contributed by atoms with Gasteiger partial charge in [0.1, 0.15) is 0 Å². The lowest BCUT2D eigenvalue weighted by atomic mass is 10.9. The summed E-state index contributed by atoms with van der Waals surface area (Å²) < 4.78 is 0. The number of aliphatic carboxylic acids is 4. The van der Waals surface area contributed by atoms with Crippen molar-refractivity contribution >= 4 is 23.9 Å². The van der Waals surface area contributed by atoms with E-state index in [2.05, 4.69) is 6.92 Å². The van der Waals surface area contributed by atoms with Gasteiger partial charge in [-0.15, -0.1) is 0 Å². The van der Waals surface area contributed by atoms with Crippen LogP contribution in [0.25, 0.3) is 0 Å². The molecule has 0 aliphatic heterocycles. The summed E-state index contributed by atoms with van der Waals surface area (Å²) >= 11 is 0. The second-order valence-corrected chi connectivity index (χ2v) is 2.08. The second kappa shape index (κ2) is 29.4. The summed E-state index contributed by atoms with van der Waals surface area (Å²) in [5.74, 6) is -3.33. The Morgan fingerprint density at radius 1 is 0.556 bits per heavy atom. The van der Waals surface area contributed by atoms with E-state index in [1.54, 1.807) is 6.92 Å². The summed E-state index contributed by atoms with van der Waals surface area (Å²) in [6.07, 6.45) is 0. The molecule has 0 aliphatic carbocycles. The molecular weight excluding hydrogens is 248 g/mol. The first-order valence-corrected chi connectivity index (χ1v) is 4.42. The lowest BCUT2D eigenvalue weighted by Gasteiger charge is -1.59. The van der Waals surface area contributed by atoms with Crippen LogP contribution in [-0.2, 0) is 19.2 Å². The Morgan fingerprint density at radius 2 is 0.556 bits per heavy atom. The molecule has 0 fully saturated rings. The molecule has 0 aromatic rings. The van der Waals surface area contributed by atoms with Gasteiger partial charge in [-0.05, 0) is 0 Å². The number of hydrogen-bond donors (Lipinski definition) is 4. The summed E-state index contributed by atoms with van der Waals surface area (Å²) in [4.78, 5) is 36.0. The Labute approximate surface area is 106 Å². The molecule has 0 amide bonds. The van der Waals surface area contributed by atoms with Crippen LogP contribution in [0.4, 0.5) is 0 Å². The number of hydrogen-bond acceptors (Lipinski definition) is 4. The van der Waals surface area contributed by atoms with Gasteiger partial charge in [-0.2, -0.15) is 0 Å². The zero-order chi connectivity index (χ0) is 16.3. The van der Waals surface area contributed by atoms with Gasteiger partial charge in [0.05, 0.1) is 0 Å². The fraction of sp³-hybridized carbons (Fsp3) is 0.500. The fourth-order valence-corrected chi connectivity index (χ4v) is 0. The summed E-state index contributed by atoms with van der Waals surface area (Å²) in [6.45, 7) is 9.33. The minimum absolute atomic E-state index is 0.833. The van der Waals surface area contributed by atoms with Crippen LogP contribution in [0.5, 0.6) is 0 Å². The first-order valence-electron chi connectivity index (χ1n) is 4.42. The number of carbonyl (C=O) groups is 4. The Balaban J connectivity index is -0.0000000399. The molecule has 0 atom stereocenters. The van der Waals surface area contributed by atoms with Gasteiger partial charge in [0.2, 0.25) is 0 Å². The Morgan fingerprint density at radius 3 is 0.556 bits per heavy atom. The smallest absolute Gasteiger partial charge is 0.300 e. The maximum atomic E-state index is 9.00. The highest BCUT2D eigenvalue weighted by Crippen LogP contribution is 1.43. The maximum Gasteiger partial charge on any atom is 0.300 e. The molecule has 1 radical (unpaired) electrons. The monoisotopic (exact) mass is 269 g/mol. The van der Waals surface area contributed by atoms with Gasteiger partial charge in [0.15, 0.2) is 0 Å². The Bertz CT molecular complexity index is 158. The highest BCUT2D eigenvalue weighted by atomic mass is 16.4. The van der Waals surface area contributed by atoms with Crippen molar-refractivity contribution in [3.8, 4) is 0 Å². The van der Waals surface area contributed by atoms with Gasteiger partial charge in [0.25, 0.3) is 23.9 Å². The van der Waals surface area contributed by atoms with Gasteiger partial charge in [-0.3, -0.25) is 19.2 Å². The van der Waals surface area contributed by atoms with Crippen molar-refractivity contribution in [2.24, 2.45) is 0 Å². The van der Waals surface area contributed by atoms with E-state index in [0.29, 0.717) is 0 Å². The second-order valence-electron chi connectivity index (χ2n) is 2.08. The predicted octanol–water partition coefficient (Wildman–Crippen LogP) is 1.20. The van der Waals surface area contributed by atoms with E-state index in [0.717, 1.165) is 27.7 Å². The van der Waals surface area contributed by atoms with Crippen molar-refractivity contribution in [1.29, 1.82) is 0 Å². The molecule has 0 aromatic carbocycles. The van der Waals surface area contributed by atoms with Crippen LogP contribution in [0.3, 0.4) is 0 Å². The number of carboxylic acids is 4. The Kier molecular flexibility index (Phi) is 48.5. The van der Waals surface area contributed by atoms with E-state index in [9.17, 15) is 0 Å². The third-order valence-electron chi connectivity index (χ3n) is 0. The molecule has 0 saturated carbocycles. The topological polar surface area (TPSA) is 149 Å². The fourth-order valence-electron chi connectivity index (χ4n) is 0. The van der Waals surface area contributed by atoms with Gasteiger partial charge in [-0.25, -0.2) is 0 Å². The molecule has 109 valence electrons. The molecule has 0 rings (SSSR count).